The first-order chi connectivity index (χ1) is 18.6. The van der Waals surface area contributed by atoms with Gasteiger partial charge in [0.05, 0.1) is 0 Å². The summed E-state index contributed by atoms with van der Waals surface area (Å²) in [6, 6.07) is 27.4. The lowest BCUT2D eigenvalue weighted by Crippen LogP contribution is -2.36. The first kappa shape index (κ1) is 29.8. The van der Waals surface area contributed by atoms with Gasteiger partial charge < -0.3 is 14.9 Å². The van der Waals surface area contributed by atoms with Crippen molar-refractivity contribution in [2.24, 2.45) is 0 Å². The van der Waals surface area contributed by atoms with Crippen LogP contribution in [0.5, 0.6) is 0 Å². The molecule has 3 aromatic carbocycles. The summed E-state index contributed by atoms with van der Waals surface area (Å²) in [5, 5.41) is 13.1. The Morgan fingerprint density at radius 3 is 1.21 bits per heavy atom. The zero-order valence-corrected chi connectivity index (χ0v) is 24.3. The van der Waals surface area contributed by atoms with Crippen molar-refractivity contribution >= 4 is 11.4 Å². The molecule has 1 N–H and O–H groups in total. The molecule has 0 aliphatic carbocycles. The zero-order valence-electron chi connectivity index (χ0n) is 24.3. The van der Waals surface area contributed by atoms with Crippen molar-refractivity contribution in [3.63, 3.8) is 0 Å². The summed E-state index contributed by atoms with van der Waals surface area (Å²) in [7, 11) is 0. The van der Waals surface area contributed by atoms with E-state index in [9.17, 15) is 5.11 Å². The summed E-state index contributed by atoms with van der Waals surface area (Å²) in [4.78, 5) is 5.01. The Labute approximate surface area is 232 Å². The van der Waals surface area contributed by atoms with Crippen molar-refractivity contribution in [1.29, 1.82) is 0 Å². The summed E-state index contributed by atoms with van der Waals surface area (Å²) in [6.45, 7) is 13.0. The van der Waals surface area contributed by atoms with E-state index in [-0.39, 0.29) is 0 Å². The molecule has 3 nitrogen and oxygen atoms in total. The quantitative estimate of drug-likeness (QED) is 0.182. The van der Waals surface area contributed by atoms with Gasteiger partial charge in [-0.25, -0.2) is 0 Å². The molecule has 0 aromatic heterocycles. The normalized spacial score (nSPS) is 11.5. The molecule has 0 spiro atoms. The molecule has 0 unspecified atom stereocenters. The van der Waals surface area contributed by atoms with Crippen LogP contribution in [0.25, 0.3) is 0 Å². The molecule has 0 radical (unpaired) electrons. The molecule has 0 heterocycles. The molecule has 0 bridgehead atoms. The molecule has 0 fully saturated rings. The van der Waals surface area contributed by atoms with Crippen molar-refractivity contribution in [1.82, 2.24) is 0 Å². The zero-order chi connectivity index (χ0) is 27.2. The van der Waals surface area contributed by atoms with Crippen molar-refractivity contribution < 1.29 is 5.11 Å². The molecule has 0 aliphatic heterocycles. The fourth-order valence-corrected chi connectivity index (χ4v) is 5.35. The van der Waals surface area contributed by atoms with Crippen LogP contribution >= 0.6 is 0 Å². The molecule has 0 saturated heterocycles. The van der Waals surface area contributed by atoms with Gasteiger partial charge >= 0.3 is 0 Å². The van der Waals surface area contributed by atoms with E-state index in [1.54, 1.807) is 0 Å². The maximum Gasteiger partial charge on any atom is 0.144 e. The predicted molar refractivity (Wildman–Crippen MR) is 165 cm³/mol. The van der Waals surface area contributed by atoms with Gasteiger partial charge in [0.2, 0.25) is 0 Å². The van der Waals surface area contributed by atoms with Crippen molar-refractivity contribution in [2.45, 2.75) is 84.7 Å². The largest absolute Gasteiger partial charge is 0.376 e. The van der Waals surface area contributed by atoms with Crippen molar-refractivity contribution in [2.75, 3.05) is 36.0 Å². The predicted octanol–water partition coefficient (Wildman–Crippen LogP) is 8.78. The van der Waals surface area contributed by atoms with Gasteiger partial charge in [-0.2, -0.15) is 0 Å². The highest BCUT2D eigenvalue weighted by Crippen LogP contribution is 2.45. The Balaban J connectivity index is 2.25. The van der Waals surface area contributed by atoms with Gasteiger partial charge in [0.1, 0.15) is 5.60 Å². The van der Waals surface area contributed by atoms with E-state index < -0.39 is 5.60 Å². The van der Waals surface area contributed by atoms with Gasteiger partial charge in [-0.1, -0.05) is 120 Å². The highest BCUT2D eigenvalue weighted by molar-refractivity contribution is 5.68. The second-order valence-electron chi connectivity index (χ2n) is 10.5. The van der Waals surface area contributed by atoms with E-state index in [1.807, 2.05) is 18.2 Å². The number of rotatable bonds is 17. The van der Waals surface area contributed by atoms with Crippen molar-refractivity contribution in [3.05, 3.63) is 95.6 Å². The number of hydrogen-bond acceptors (Lipinski definition) is 3. The summed E-state index contributed by atoms with van der Waals surface area (Å²) >= 11 is 0. The Morgan fingerprint density at radius 2 is 0.842 bits per heavy atom. The monoisotopic (exact) mass is 514 g/mol. The maximum atomic E-state index is 13.1. The lowest BCUT2D eigenvalue weighted by atomic mass is 9.78. The van der Waals surface area contributed by atoms with Gasteiger partial charge in [0.15, 0.2) is 0 Å². The Bertz CT molecular complexity index is 985. The molecule has 0 atom stereocenters. The topological polar surface area (TPSA) is 26.7 Å². The average molecular weight is 515 g/mol. The van der Waals surface area contributed by atoms with Crippen LogP contribution in [0.2, 0.25) is 0 Å². The third-order valence-electron chi connectivity index (χ3n) is 7.59. The van der Waals surface area contributed by atoms with E-state index in [0.717, 1.165) is 106 Å². The first-order valence-corrected chi connectivity index (χ1v) is 15.1. The van der Waals surface area contributed by atoms with E-state index in [1.165, 1.54) is 0 Å². The number of nitrogens with zero attached hydrogens (tertiary/aromatic N) is 2. The standard InChI is InChI=1S/C35H50N2O/c1-5-9-26-36(27-10-6-2)33-24-18-16-22-31(33)35(38,30-20-14-13-15-21-30)32-23-17-19-25-34(32)37(28-11-7-3)29-12-8-4/h13-25,38H,5-12,26-29H2,1-4H3. The minimum absolute atomic E-state index is 0.914. The molecule has 206 valence electrons. The number of anilines is 2. The van der Waals surface area contributed by atoms with Crippen LogP contribution in [0.15, 0.2) is 78.9 Å². The minimum atomic E-state index is -1.28. The van der Waals surface area contributed by atoms with Crippen molar-refractivity contribution in [3.8, 4) is 0 Å². The van der Waals surface area contributed by atoms with Crippen LogP contribution in [-0.4, -0.2) is 31.3 Å². The van der Waals surface area contributed by atoms with E-state index in [4.69, 9.17) is 0 Å². The lowest BCUT2D eigenvalue weighted by Gasteiger charge is -2.38. The lowest BCUT2D eigenvalue weighted by molar-refractivity contribution is 0.126. The smallest absolute Gasteiger partial charge is 0.144 e. The van der Waals surface area contributed by atoms with Gasteiger partial charge in [0.25, 0.3) is 0 Å². The van der Waals surface area contributed by atoms with Crippen LogP contribution in [0, 0.1) is 0 Å². The van der Waals surface area contributed by atoms with E-state index >= 15 is 0 Å². The molecule has 3 rings (SSSR count). The number of hydrogen-bond donors (Lipinski definition) is 1. The van der Waals surface area contributed by atoms with Gasteiger partial charge in [-0.15, -0.1) is 0 Å². The number of unbranched alkanes of at least 4 members (excludes halogenated alkanes) is 4. The van der Waals surface area contributed by atoms with Gasteiger partial charge in [0, 0.05) is 48.7 Å². The third-order valence-corrected chi connectivity index (χ3v) is 7.59. The molecule has 38 heavy (non-hydrogen) atoms. The maximum absolute atomic E-state index is 13.1. The van der Waals surface area contributed by atoms with E-state index in [0.29, 0.717) is 0 Å². The van der Waals surface area contributed by atoms with E-state index in [2.05, 4.69) is 98.2 Å². The Kier molecular flexibility index (Phi) is 12.2. The SMILES string of the molecule is CCCCN(CCCC)c1ccccc1C(O)(c1ccccc1)c1ccccc1N(CCCC)CCCC. The molecule has 0 aliphatic rings. The molecular formula is C35H50N2O. The number of benzene rings is 3. The molecule has 3 heteroatoms. The van der Waals surface area contributed by atoms with Gasteiger partial charge in [-0.3, -0.25) is 0 Å². The Morgan fingerprint density at radius 1 is 0.500 bits per heavy atom. The van der Waals surface area contributed by atoms with Crippen LogP contribution < -0.4 is 9.80 Å². The van der Waals surface area contributed by atoms with Crippen LogP contribution in [0.1, 0.15) is 95.8 Å². The molecule has 0 amide bonds. The summed E-state index contributed by atoms with van der Waals surface area (Å²) < 4.78 is 0. The summed E-state index contributed by atoms with van der Waals surface area (Å²) in [5.74, 6) is 0. The average Bonchev–Trinajstić information content (AvgIpc) is 2.97. The van der Waals surface area contributed by atoms with Crippen LogP contribution in [-0.2, 0) is 5.60 Å². The number of para-hydroxylation sites is 2. The third kappa shape index (κ3) is 7.20. The summed E-state index contributed by atoms with van der Waals surface area (Å²) in [6.07, 6.45) is 9.17. The van der Waals surface area contributed by atoms with Gasteiger partial charge in [-0.05, 0) is 43.4 Å². The fraction of sp³-hybridized carbons (Fsp3) is 0.486. The highest BCUT2D eigenvalue weighted by atomic mass is 16.3. The fourth-order valence-electron chi connectivity index (χ4n) is 5.35. The molecule has 0 saturated carbocycles. The molecule has 3 aromatic rings. The molecular weight excluding hydrogens is 464 g/mol. The summed E-state index contributed by atoms with van der Waals surface area (Å²) in [5.41, 5.74) is 3.86. The second kappa shape index (κ2) is 15.6. The second-order valence-corrected chi connectivity index (χ2v) is 10.5. The number of aliphatic hydroxyl groups is 1. The minimum Gasteiger partial charge on any atom is -0.376 e. The highest BCUT2D eigenvalue weighted by Gasteiger charge is 2.39. The first-order valence-electron chi connectivity index (χ1n) is 15.1. The Hall–Kier alpha value is -2.78. The van der Waals surface area contributed by atoms with Crippen LogP contribution in [0.4, 0.5) is 11.4 Å². The van der Waals surface area contributed by atoms with Crippen LogP contribution in [0.3, 0.4) is 0 Å².